The lowest BCUT2D eigenvalue weighted by molar-refractivity contribution is -0.124. The number of carbonyl (C=O) groups is 2. The minimum Gasteiger partial charge on any atom is -0.281 e. The number of amides is 2. The highest BCUT2D eigenvalue weighted by atomic mass is 35.5. The molecule has 5 nitrogen and oxygen atoms in total. The molecule has 1 N–H and O–H groups in total. The molecule has 158 valence electrons. The molecule has 3 aromatic rings. The number of rotatable bonds is 7. The molecule has 0 spiro atoms. The Bertz CT molecular complexity index is 1050. The molecule has 3 rings (SSSR count). The van der Waals surface area contributed by atoms with Crippen molar-refractivity contribution in [1.29, 1.82) is 0 Å². The predicted molar refractivity (Wildman–Crippen MR) is 126 cm³/mol. The Morgan fingerprint density at radius 2 is 1.45 bits per heavy atom. The normalized spacial score (nSPS) is 11.1. The Morgan fingerprint density at radius 1 is 0.871 bits per heavy atom. The van der Waals surface area contributed by atoms with Gasteiger partial charge in [-0.25, -0.2) is 5.43 Å². The summed E-state index contributed by atoms with van der Waals surface area (Å²) in [5, 5.41) is 5.05. The molecule has 0 saturated carbocycles. The van der Waals surface area contributed by atoms with E-state index in [-0.39, 0.29) is 24.7 Å². The zero-order chi connectivity index (χ0) is 22.2. The first-order chi connectivity index (χ1) is 15.0. The quantitative estimate of drug-likeness (QED) is 0.353. The first-order valence-electron chi connectivity index (χ1n) is 9.67. The molecule has 0 aliphatic rings. The van der Waals surface area contributed by atoms with Crippen LogP contribution < -0.4 is 10.3 Å². The van der Waals surface area contributed by atoms with Crippen molar-refractivity contribution in [3.05, 3.63) is 94.5 Å². The van der Waals surface area contributed by atoms with E-state index in [1.807, 2.05) is 60.7 Å². The van der Waals surface area contributed by atoms with Crippen molar-refractivity contribution in [2.24, 2.45) is 5.10 Å². The molecule has 0 aliphatic heterocycles. The van der Waals surface area contributed by atoms with E-state index in [0.717, 1.165) is 11.4 Å². The zero-order valence-corrected chi connectivity index (χ0v) is 18.4. The summed E-state index contributed by atoms with van der Waals surface area (Å²) in [6, 6.07) is 23.7. The molecule has 0 fully saturated rings. The molecule has 0 unspecified atom stereocenters. The number of nitrogens with one attached hydrogen (secondary N) is 1. The number of halogens is 2. The van der Waals surface area contributed by atoms with Crippen molar-refractivity contribution >= 4 is 52.1 Å². The van der Waals surface area contributed by atoms with Crippen LogP contribution in [-0.4, -0.2) is 17.5 Å². The third-order valence-corrected chi connectivity index (χ3v) is 5.06. The van der Waals surface area contributed by atoms with E-state index < -0.39 is 0 Å². The smallest absolute Gasteiger partial charge is 0.240 e. The molecule has 3 aromatic carbocycles. The van der Waals surface area contributed by atoms with Crippen LogP contribution in [0.15, 0.2) is 84.0 Å². The van der Waals surface area contributed by atoms with E-state index in [2.05, 4.69) is 10.5 Å². The number of para-hydroxylation sites is 2. The summed E-state index contributed by atoms with van der Waals surface area (Å²) in [6.45, 7) is 1.73. The lowest BCUT2D eigenvalue weighted by Crippen LogP contribution is -2.28. The van der Waals surface area contributed by atoms with Crippen molar-refractivity contribution in [3.8, 4) is 0 Å². The van der Waals surface area contributed by atoms with Crippen molar-refractivity contribution in [2.45, 2.75) is 19.8 Å². The zero-order valence-electron chi connectivity index (χ0n) is 16.9. The number of hydrazone groups is 1. The minimum atomic E-state index is -0.362. The molecule has 0 heterocycles. The van der Waals surface area contributed by atoms with E-state index in [1.165, 1.54) is 0 Å². The van der Waals surface area contributed by atoms with E-state index in [0.29, 0.717) is 21.3 Å². The van der Waals surface area contributed by atoms with Crippen LogP contribution in [0.4, 0.5) is 11.4 Å². The summed E-state index contributed by atoms with van der Waals surface area (Å²) in [4.78, 5) is 26.8. The summed E-state index contributed by atoms with van der Waals surface area (Å²) in [6.07, 6.45) is 0.0338. The van der Waals surface area contributed by atoms with Gasteiger partial charge < -0.3 is 0 Å². The lowest BCUT2D eigenvalue weighted by Gasteiger charge is -2.23. The first-order valence-corrected chi connectivity index (χ1v) is 10.4. The maximum atomic E-state index is 13.0. The maximum absolute atomic E-state index is 13.0. The summed E-state index contributed by atoms with van der Waals surface area (Å²) >= 11 is 12.1. The number of hydrogen-bond donors (Lipinski definition) is 1. The molecule has 0 radical (unpaired) electrons. The molecule has 0 saturated heterocycles. The predicted octanol–water partition coefficient (Wildman–Crippen LogP) is 5.98. The Labute approximate surface area is 191 Å². The monoisotopic (exact) mass is 453 g/mol. The molecule has 0 bridgehead atoms. The van der Waals surface area contributed by atoms with Crippen LogP contribution >= 0.6 is 23.2 Å². The third-order valence-electron chi connectivity index (χ3n) is 4.51. The molecule has 0 aliphatic carbocycles. The van der Waals surface area contributed by atoms with Gasteiger partial charge in [-0.05, 0) is 43.3 Å². The Hall–Kier alpha value is -3.15. The van der Waals surface area contributed by atoms with Gasteiger partial charge in [0.05, 0.1) is 10.7 Å². The third kappa shape index (κ3) is 6.17. The van der Waals surface area contributed by atoms with Crippen LogP contribution in [-0.2, 0) is 9.59 Å². The minimum absolute atomic E-state index is 0.000129. The van der Waals surface area contributed by atoms with Gasteiger partial charge in [0.2, 0.25) is 11.8 Å². The van der Waals surface area contributed by atoms with Gasteiger partial charge >= 0.3 is 0 Å². The standard InChI is InChI=1S/C24H21Cl2N3O2/c1-17(21-13-12-18(25)16-22(21)26)27-28-23(30)14-15-24(31)29(19-8-4-2-5-9-19)20-10-6-3-7-11-20/h2-13,16H,14-15H2,1H3,(H,28,30). The van der Waals surface area contributed by atoms with Crippen molar-refractivity contribution in [1.82, 2.24) is 5.43 Å². The van der Waals surface area contributed by atoms with Gasteiger partial charge in [0, 0.05) is 34.8 Å². The second kappa shape index (κ2) is 10.8. The highest BCUT2D eigenvalue weighted by molar-refractivity contribution is 6.37. The van der Waals surface area contributed by atoms with E-state index >= 15 is 0 Å². The molecule has 2 amide bonds. The summed E-state index contributed by atoms with van der Waals surface area (Å²) < 4.78 is 0. The largest absolute Gasteiger partial charge is 0.281 e. The fraction of sp³-hybridized carbons (Fsp3) is 0.125. The average molecular weight is 454 g/mol. The van der Waals surface area contributed by atoms with Gasteiger partial charge in [0.25, 0.3) is 0 Å². The van der Waals surface area contributed by atoms with Crippen molar-refractivity contribution < 1.29 is 9.59 Å². The SMILES string of the molecule is CC(=NNC(=O)CCC(=O)N(c1ccccc1)c1ccccc1)c1ccc(Cl)cc1Cl. The van der Waals surface area contributed by atoms with Crippen LogP contribution in [0.2, 0.25) is 10.0 Å². The molecule has 31 heavy (non-hydrogen) atoms. The average Bonchev–Trinajstić information content (AvgIpc) is 2.77. The number of benzene rings is 3. The van der Waals surface area contributed by atoms with Crippen LogP contribution in [0.1, 0.15) is 25.3 Å². The number of hydrogen-bond acceptors (Lipinski definition) is 3. The van der Waals surface area contributed by atoms with E-state index in [9.17, 15) is 9.59 Å². The van der Waals surface area contributed by atoms with Gasteiger partial charge in [-0.2, -0.15) is 5.10 Å². The lowest BCUT2D eigenvalue weighted by atomic mass is 10.1. The second-order valence-electron chi connectivity index (χ2n) is 6.76. The number of nitrogens with zero attached hydrogens (tertiary/aromatic N) is 2. The van der Waals surface area contributed by atoms with Crippen LogP contribution in [0, 0.1) is 0 Å². The van der Waals surface area contributed by atoms with Crippen LogP contribution in [0.5, 0.6) is 0 Å². The van der Waals surface area contributed by atoms with Gasteiger partial charge in [-0.15, -0.1) is 0 Å². The Balaban J connectivity index is 1.65. The molecular formula is C24H21Cl2N3O2. The number of carbonyl (C=O) groups excluding carboxylic acids is 2. The second-order valence-corrected chi connectivity index (χ2v) is 7.60. The van der Waals surface area contributed by atoms with Crippen LogP contribution in [0.25, 0.3) is 0 Å². The topological polar surface area (TPSA) is 61.8 Å². The van der Waals surface area contributed by atoms with Crippen molar-refractivity contribution in [2.75, 3.05) is 4.90 Å². The Kier molecular flexibility index (Phi) is 7.82. The van der Waals surface area contributed by atoms with Gasteiger partial charge in [0.1, 0.15) is 0 Å². The molecule has 0 atom stereocenters. The maximum Gasteiger partial charge on any atom is 0.240 e. The highest BCUT2D eigenvalue weighted by Gasteiger charge is 2.18. The summed E-state index contributed by atoms with van der Waals surface area (Å²) in [7, 11) is 0. The summed E-state index contributed by atoms with van der Waals surface area (Å²) in [5.41, 5.74) is 5.17. The fourth-order valence-corrected chi connectivity index (χ4v) is 3.51. The first kappa shape index (κ1) is 22.5. The molecule has 0 aromatic heterocycles. The molecule has 7 heteroatoms. The van der Waals surface area contributed by atoms with E-state index in [1.54, 1.807) is 30.0 Å². The van der Waals surface area contributed by atoms with Crippen molar-refractivity contribution in [3.63, 3.8) is 0 Å². The fourth-order valence-electron chi connectivity index (χ4n) is 2.97. The van der Waals surface area contributed by atoms with Crippen LogP contribution in [0.3, 0.4) is 0 Å². The van der Waals surface area contributed by atoms with Gasteiger partial charge in [0.15, 0.2) is 0 Å². The molecular weight excluding hydrogens is 433 g/mol. The van der Waals surface area contributed by atoms with E-state index in [4.69, 9.17) is 23.2 Å². The Morgan fingerprint density at radius 3 is 2.00 bits per heavy atom. The number of anilines is 2. The summed E-state index contributed by atoms with van der Waals surface area (Å²) in [5.74, 6) is -0.548. The highest BCUT2D eigenvalue weighted by Crippen LogP contribution is 2.26. The van der Waals surface area contributed by atoms with Gasteiger partial charge in [-0.1, -0.05) is 65.7 Å². The van der Waals surface area contributed by atoms with Gasteiger partial charge in [-0.3, -0.25) is 14.5 Å².